The van der Waals surface area contributed by atoms with Gasteiger partial charge in [-0.05, 0) is 0 Å². The molecule has 10 heteroatoms. The van der Waals surface area contributed by atoms with E-state index in [1.165, 1.54) is 0 Å². The van der Waals surface area contributed by atoms with Crippen LogP contribution in [0.25, 0.3) is 0 Å². The Kier molecular flexibility index (Phi) is 5.30. The average molecular weight is 283 g/mol. The van der Waals surface area contributed by atoms with E-state index in [2.05, 4.69) is 36.3 Å². The zero-order valence-corrected chi connectivity index (χ0v) is 9.75. The first-order valence-corrected chi connectivity index (χ1v) is 5.35. The lowest BCUT2D eigenvalue weighted by molar-refractivity contribution is -0.0754. The summed E-state index contributed by atoms with van der Waals surface area (Å²) in [6.07, 6.45) is 4.11. The van der Waals surface area contributed by atoms with Crippen molar-refractivity contribution in [1.29, 1.82) is 4.78 Å². The summed E-state index contributed by atoms with van der Waals surface area (Å²) in [5.41, 5.74) is -11.0. The molecule has 0 aromatic rings. The maximum Gasteiger partial charge on any atom is 0.460 e. The number of nitrogens with one attached hydrogen (secondary N) is 1. The summed E-state index contributed by atoms with van der Waals surface area (Å²) in [5.74, 6) is 0. The Morgan fingerprint density at radius 2 is 1.24 bits per heavy atom. The molecular formula is C7H11F6N3S. The van der Waals surface area contributed by atoms with Crippen molar-refractivity contribution >= 4 is 10.7 Å². The second kappa shape index (κ2) is 5.61. The molecule has 0 unspecified atom stereocenters. The lowest BCUT2D eigenvalue weighted by atomic mass is 10.9. The van der Waals surface area contributed by atoms with Gasteiger partial charge in [0.2, 0.25) is 0 Å². The van der Waals surface area contributed by atoms with Gasteiger partial charge in [0.05, 0.1) is 6.67 Å². The average Bonchev–Trinajstić information content (AvgIpc) is 2.46. The number of alkyl halides is 6. The molecule has 0 saturated carbocycles. The summed E-state index contributed by atoms with van der Waals surface area (Å²) in [7, 11) is -0.144. The Labute approximate surface area is 96.6 Å². The number of halogens is 6. The largest absolute Gasteiger partial charge is 0.460 e. The Balaban J connectivity index is 0.000000318. The van der Waals surface area contributed by atoms with Crippen LogP contribution in [0.2, 0.25) is 0 Å². The van der Waals surface area contributed by atoms with Crippen molar-refractivity contribution in [1.82, 2.24) is 9.80 Å². The second-order valence-electron chi connectivity index (χ2n) is 3.15. The minimum absolute atomic E-state index is 1.03. The molecule has 0 radical (unpaired) electrons. The van der Waals surface area contributed by atoms with E-state index in [0.717, 1.165) is 6.67 Å². The minimum atomic E-state index is -5.49. The molecule has 102 valence electrons. The Morgan fingerprint density at radius 1 is 0.941 bits per heavy atom. The Bertz CT molecular complexity index is 271. The summed E-state index contributed by atoms with van der Waals surface area (Å²) in [6.45, 7) is 1.03. The third kappa shape index (κ3) is 6.39. The molecule has 3 nitrogen and oxygen atoms in total. The van der Waals surface area contributed by atoms with Gasteiger partial charge in [-0.3, -0.25) is 4.78 Å². The predicted octanol–water partition coefficient (Wildman–Crippen LogP) is 2.70. The van der Waals surface area contributed by atoms with Crippen LogP contribution in [0.4, 0.5) is 26.3 Å². The molecule has 1 N–H and O–H groups in total. The summed E-state index contributed by atoms with van der Waals surface area (Å²) in [4.78, 5) is 4.25. The van der Waals surface area contributed by atoms with E-state index < -0.39 is 21.7 Å². The Hall–Kier alpha value is -0.930. The van der Waals surface area contributed by atoms with Crippen LogP contribution in [0.5, 0.6) is 0 Å². The van der Waals surface area contributed by atoms with Gasteiger partial charge in [0.25, 0.3) is 0 Å². The fourth-order valence-electron chi connectivity index (χ4n) is 0.805. The predicted molar refractivity (Wildman–Crippen MR) is 51.7 cm³/mol. The van der Waals surface area contributed by atoms with Gasteiger partial charge in [-0.15, -0.1) is 0 Å². The van der Waals surface area contributed by atoms with Crippen molar-refractivity contribution in [3.63, 3.8) is 0 Å². The van der Waals surface area contributed by atoms with E-state index in [9.17, 15) is 26.3 Å². The van der Waals surface area contributed by atoms with Crippen LogP contribution in [0.1, 0.15) is 0 Å². The van der Waals surface area contributed by atoms with E-state index in [-0.39, 0.29) is 0 Å². The molecule has 0 atom stereocenters. The first-order valence-electron chi connectivity index (χ1n) is 4.12. The third-order valence-corrected chi connectivity index (χ3v) is 2.41. The summed E-state index contributed by atoms with van der Waals surface area (Å²) in [6, 6.07) is 0. The van der Waals surface area contributed by atoms with Crippen LogP contribution in [0, 0.1) is 4.78 Å². The zero-order valence-electron chi connectivity index (χ0n) is 8.93. The highest BCUT2D eigenvalue weighted by atomic mass is 32.2. The standard InChI is InChI=1S/C5H10N2.C2HF6NS/c1-6-3-4-7(2)5-6;3-1(4,5)10(9)2(6,7)8/h3-4H,5H2,1-2H3;9H. The highest BCUT2D eigenvalue weighted by molar-refractivity contribution is 7.87. The van der Waals surface area contributed by atoms with Crippen molar-refractivity contribution < 1.29 is 26.3 Å². The van der Waals surface area contributed by atoms with Crippen molar-refractivity contribution in [2.24, 2.45) is 0 Å². The van der Waals surface area contributed by atoms with E-state index >= 15 is 0 Å². The first kappa shape index (κ1) is 16.1. The Morgan fingerprint density at radius 3 is 1.29 bits per heavy atom. The molecule has 1 rings (SSSR count). The molecule has 0 amide bonds. The molecule has 0 aromatic heterocycles. The summed E-state index contributed by atoms with van der Waals surface area (Å²) in [5, 5.41) is 0. The number of rotatable bonds is 0. The third-order valence-electron chi connectivity index (χ3n) is 1.48. The highest BCUT2D eigenvalue weighted by Gasteiger charge is 2.50. The second-order valence-corrected chi connectivity index (χ2v) is 4.69. The molecule has 0 bridgehead atoms. The monoisotopic (exact) mass is 283 g/mol. The van der Waals surface area contributed by atoms with E-state index in [0.29, 0.717) is 0 Å². The molecule has 0 saturated heterocycles. The maximum absolute atomic E-state index is 11.0. The molecule has 0 aliphatic carbocycles. The van der Waals surface area contributed by atoms with Crippen LogP contribution < -0.4 is 0 Å². The molecular weight excluding hydrogens is 272 g/mol. The van der Waals surface area contributed by atoms with Gasteiger partial charge in [-0.2, -0.15) is 26.3 Å². The summed E-state index contributed by atoms with van der Waals surface area (Å²) < 4.78 is 72.0. The topological polar surface area (TPSA) is 30.3 Å². The molecule has 0 aromatic carbocycles. The van der Waals surface area contributed by atoms with Crippen LogP contribution >= 0.6 is 0 Å². The van der Waals surface area contributed by atoms with Crippen LogP contribution in [0.15, 0.2) is 12.4 Å². The van der Waals surface area contributed by atoms with Gasteiger partial charge in [-0.1, -0.05) is 0 Å². The van der Waals surface area contributed by atoms with Gasteiger partial charge < -0.3 is 9.80 Å². The van der Waals surface area contributed by atoms with Gasteiger partial charge >= 0.3 is 11.0 Å². The van der Waals surface area contributed by atoms with Gasteiger partial charge in [0.1, 0.15) is 10.7 Å². The minimum Gasteiger partial charge on any atom is -0.362 e. The smallest absolute Gasteiger partial charge is 0.362 e. The maximum atomic E-state index is 11.0. The lowest BCUT2D eigenvalue weighted by Gasteiger charge is -2.11. The quantitative estimate of drug-likeness (QED) is 0.693. The van der Waals surface area contributed by atoms with E-state index in [1.54, 1.807) is 0 Å². The number of hydrogen-bond donors (Lipinski definition) is 1. The van der Waals surface area contributed by atoms with Crippen LogP contribution in [0.3, 0.4) is 0 Å². The molecule has 17 heavy (non-hydrogen) atoms. The lowest BCUT2D eigenvalue weighted by Crippen LogP contribution is -2.28. The van der Waals surface area contributed by atoms with Gasteiger partial charge in [0, 0.05) is 26.5 Å². The van der Waals surface area contributed by atoms with Crippen molar-refractivity contribution in [3.8, 4) is 0 Å². The summed E-state index contributed by atoms with van der Waals surface area (Å²) >= 11 is 0. The number of hydrogen-bond acceptors (Lipinski definition) is 3. The van der Waals surface area contributed by atoms with E-state index in [4.69, 9.17) is 4.78 Å². The van der Waals surface area contributed by atoms with Crippen molar-refractivity contribution in [3.05, 3.63) is 12.4 Å². The van der Waals surface area contributed by atoms with Gasteiger partial charge in [0.15, 0.2) is 0 Å². The molecule has 1 heterocycles. The van der Waals surface area contributed by atoms with Crippen molar-refractivity contribution in [2.45, 2.75) is 11.0 Å². The zero-order chi connectivity index (χ0) is 13.9. The first-order chi connectivity index (χ1) is 7.44. The molecule has 0 spiro atoms. The van der Waals surface area contributed by atoms with Crippen LogP contribution in [-0.4, -0.2) is 41.6 Å². The normalized spacial score (nSPS) is 16.3. The fraction of sp³-hybridized carbons (Fsp3) is 0.714. The number of nitrogens with zero attached hydrogens (tertiary/aromatic N) is 2. The SMILES string of the molecule is CN1C=CN(C)C1.N=S(C(F)(F)F)C(F)(F)F. The molecule has 1 aliphatic heterocycles. The van der Waals surface area contributed by atoms with Crippen LogP contribution in [-0.2, 0) is 10.7 Å². The molecule has 1 aliphatic rings. The highest BCUT2D eigenvalue weighted by Crippen LogP contribution is 2.33. The molecule has 0 fully saturated rings. The van der Waals surface area contributed by atoms with Gasteiger partial charge in [-0.25, -0.2) is 0 Å². The van der Waals surface area contributed by atoms with E-state index in [1.807, 2.05) is 0 Å². The fourth-order valence-corrected chi connectivity index (χ4v) is 1.07. The van der Waals surface area contributed by atoms with Crippen molar-refractivity contribution in [2.75, 3.05) is 20.8 Å².